The first-order chi connectivity index (χ1) is 15.8. The average Bonchev–Trinajstić information content (AvgIpc) is 2.81. The monoisotopic (exact) mass is 475 g/mol. The second-order valence-corrected chi connectivity index (χ2v) is 9.65. The molecule has 0 saturated carbocycles. The van der Waals surface area contributed by atoms with Gasteiger partial charge in [0.1, 0.15) is 11.5 Å². The first kappa shape index (κ1) is 23.0. The number of carbonyl (C=O) groups excluding carboxylic acids is 2. The minimum Gasteiger partial charge on any atom is -0.506 e. The summed E-state index contributed by atoms with van der Waals surface area (Å²) in [5.74, 6) is -0.437. The highest BCUT2D eigenvalue weighted by Gasteiger charge is 2.31. The molecule has 4 rings (SSSR count). The molecule has 2 heterocycles. The van der Waals surface area contributed by atoms with Crippen molar-refractivity contribution in [2.75, 3.05) is 43.1 Å². The van der Waals surface area contributed by atoms with Gasteiger partial charge in [0.25, 0.3) is 5.91 Å². The molecule has 176 valence electrons. The van der Waals surface area contributed by atoms with Gasteiger partial charge in [-0.2, -0.15) is 4.31 Å². The Morgan fingerprint density at radius 3 is 2.67 bits per heavy atom. The summed E-state index contributed by atoms with van der Waals surface area (Å²) in [6.45, 7) is 2.83. The van der Waals surface area contributed by atoms with Gasteiger partial charge in [0.15, 0.2) is 6.10 Å². The van der Waals surface area contributed by atoms with E-state index in [1.54, 1.807) is 31.2 Å². The number of rotatable bonds is 6. The lowest BCUT2D eigenvalue weighted by Gasteiger charge is -2.32. The van der Waals surface area contributed by atoms with E-state index in [1.807, 2.05) is 0 Å². The van der Waals surface area contributed by atoms with Crippen LogP contribution in [0.25, 0.3) is 0 Å². The van der Waals surface area contributed by atoms with E-state index >= 15 is 0 Å². The predicted molar refractivity (Wildman–Crippen MR) is 120 cm³/mol. The fourth-order valence-electron chi connectivity index (χ4n) is 3.73. The molecule has 0 bridgehead atoms. The number of amides is 2. The molecule has 0 radical (unpaired) electrons. The van der Waals surface area contributed by atoms with E-state index in [0.29, 0.717) is 24.7 Å². The fourth-order valence-corrected chi connectivity index (χ4v) is 5.16. The normalized spacial score (nSPS) is 19.0. The Morgan fingerprint density at radius 2 is 1.91 bits per heavy atom. The van der Waals surface area contributed by atoms with E-state index in [1.165, 1.54) is 27.4 Å². The number of nitrogens with zero attached hydrogens (tertiary/aromatic N) is 2. The van der Waals surface area contributed by atoms with Crippen LogP contribution in [0.15, 0.2) is 47.4 Å². The Morgan fingerprint density at radius 1 is 1.18 bits per heavy atom. The maximum Gasteiger partial charge on any atom is 0.267 e. The summed E-state index contributed by atoms with van der Waals surface area (Å²) in [5, 5.41) is 12.7. The van der Waals surface area contributed by atoms with E-state index in [0.717, 1.165) is 0 Å². The van der Waals surface area contributed by atoms with Crippen molar-refractivity contribution in [2.24, 2.45) is 0 Å². The van der Waals surface area contributed by atoms with Crippen molar-refractivity contribution in [1.29, 1.82) is 0 Å². The van der Waals surface area contributed by atoms with Crippen molar-refractivity contribution < 1.29 is 32.6 Å². The van der Waals surface area contributed by atoms with Crippen LogP contribution in [0.1, 0.15) is 13.3 Å². The second-order valence-electron chi connectivity index (χ2n) is 7.71. The summed E-state index contributed by atoms with van der Waals surface area (Å²) < 4.78 is 37.8. The lowest BCUT2D eigenvalue weighted by atomic mass is 10.1. The Labute approximate surface area is 191 Å². The molecule has 1 saturated heterocycles. The highest BCUT2D eigenvalue weighted by molar-refractivity contribution is 7.89. The van der Waals surface area contributed by atoms with Gasteiger partial charge in [-0.3, -0.25) is 9.59 Å². The molecule has 2 N–H and O–H groups in total. The van der Waals surface area contributed by atoms with Crippen LogP contribution < -0.4 is 15.0 Å². The standard InChI is InChI=1S/C22H25N3O7S/c1-15-22(28)25(18-4-2-3-5-20(18)32-15)9-8-21(27)23-17-14-16(6-7-19(17)26)33(29,30)24-10-12-31-13-11-24/h2-7,14-15,26H,8-13H2,1H3,(H,23,27)/t15-/m0/s1. The molecule has 2 amide bonds. The van der Waals surface area contributed by atoms with E-state index in [9.17, 15) is 23.1 Å². The van der Waals surface area contributed by atoms with E-state index < -0.39 is 22.0 Å². The third kappa shape index (κ3) is 4.80. The zero-order valence-electron chi connectivity index (χ0n) is 18.1. The zero-order valence-corrected chi connectivity index (χ0v) is 18.9. The summed E-state index contributed by atoms with van der Waals surface area (Å²) in [7, 11) is -3.79. The summed E-state index contributed by atoms with van der Waals surface area (Å²) >= 11 is 0. The summed E-state index contributed by atoms with van der Waals surface area (Å²) in [6, 6.07) is 10.8. The number of phenols is 1. The number of morpholine rings is 1. The van der Waals surface area contributed by atoms with Gasteiger partial charge in [-0.1, -0.05) is 12.1 Å². The molecule has 1 fully saturated rings. The molecule has 2 aliphatic rings. The number of para-hydroxylation sites is 2. The number of anilines is 2. The quantitative estimate of drug-likeness (QED) is 0.607. The average molecular weight is 476 g/mol. The van der Waals surface area contributed by atoms with Crippen molar-refractivity contribution in [2.45, 2.75) is 24.3 Å². The van der Waals surface area contributed by atoms with Crippen molar-refractivity contribution in [3.8, 4) is 11.5 Å². The van der Waals surface area contributed by atoms with Crippen LogP contribution in [0.5, 0.6) is 11.5 Å². The maximum absolute atomic E-state index is 12.9. The third-order valence-electron chi connectivity index (χ3n) is 5.49. The van der Waals surface area contributed by atoms with Crippen molar-refractivity contribution in [3.05, 3.63) is 42.5 Å². The SMILES string of the molecule is C[C@@H]1Oc2ccccc2N(CCC(=O)Nc2cc(S(=O)(=O)N3CCOCC3)ccc2O)C1=O. The van der Waals surface area contributed by atoms with E-state index in [-0.39, 0.29) is 48.3 Å². The van der Waals surface area contributed by atoms with E-state index in [2.05, 4.69) is 5.32 Å². The summed E-state index contributed by atoms with van der Waals surface area (Å²) in [6.07, 6.45) is -0.735. The Bertz CT molecular complexity index is 1160. The van der Waals surface area contributed by atoms with Gasteiger partial charge >= 0.3 is 0 Å². The van der Waals surface area contributed by atoms with Gasteiger partial charge in [0, 0.05) is 26.1 Å². The fraction of sp³-hybridized carbons (Fsp3) is 0.364. The number of carbonyl (C=O) groups is 2. The Hall–Kier alpha value is -3.15. The smallest absolute Gasteiger partial charge is 0.267 e. The van der Waals surface area contributed by atoms with Gasteiger partial charge in [0.2, 0.25) is 15.9 Å². The maximum atomic E-state index is 12.9. The van der Waals surface area contributed by atoms with Crippen LogP contribution in [0, 0.1) is 0 Å². The van der Waals surface area contributed by atoms with Crippen LogP contribution in [-0.2, 0) is 24.3 Å². The minimum atomic E-state index is -3.79. The number of hydrogen-bond acceptors (Lipinski definition) is 7. The van der Waals surface area contributed by atoms with Crippen LogP contribution in [0.3, 0.4) is 0 Å². The number of nitrogens with one attached hydrogen (secondary N) is 1. The summed E-state index contributed by atoms with van der Waals surface area (Å²) in [4.78, 5) is 26.6. The molecule has 1 atom stereocenters. The van der Waals surface area contributed by atoms with Crippen LogP contribution >= 0.6 is 0 Å². The van der Waals surface area contributed by atoms with Gasteiger partial charge in [-0.15, -0.1) is 0 Å². The zero-order chi connectivity index (χ0) is 23.6. The molecular weight excluding hydrogens is 450 g/mol. The summed E-state index contributed by atoms with van der Waals surface area (Å²) in [5.41, 5.74) is 0.561. The second kappa shape index (κ2) is 9.38. The molecule has 10 nitrogen and oxygen atoms in total. The first-order valence-electron chi connectivity index (χ1n) is 10.5. The van der Waals surface area contributed by atoms with Gasteiger partial charge in [0.05, 0.1) is 29.5 Å². The molecule has 0 aromatic heterocycles. The van der Waals surface area contributed by atoms with Crippen molar-refractivity contribution in [3.63, 3.8) is 0 Å². The number of ether oxygens (including phenoxy) is 2. The highest BCUT2D eigenvalue weighted by Crippen LogP contribution is 2.34. The number of aromatic hydroxyl groups is 1. The molecule has 0 aliphatic carbocycles. The van der Waals surface area contributed by atoms with Gasteiger partial charge in [-0.25, -0.2) is 8.42 Å². The van der Waals surface area contributed by atoms with Crippen LogP contribution in [-0.4, -0.2) is 68.6 Å². The van der Waals surface area contributed by atoms with Gasteiger partial charge < -0.3 is 24.8 Å². The molecule has 11 heteroatoms. The van der Waals surface area contributed by atoms with Crippen LogP contribution in [0.2, 0.25) is 0 Å². The predicted octanol–water partition coefficient (Wildman–Crippen LogP) is 1.56. The van der Waals surface area contributed by atoms with Crippen molar-refractivity contribution >= 4 is 33.2 Å². The molecule has 0 spiro atoms. The third-order valence-corrected chi connectivity index (χ3v) is 7.38. The lowest BCUT2D eigenvalue weighted by Crippen LogP contribution is -2.45. The molecule has 2 aromatic carbocycles. The highest BCUT2D eigenvalue weighted by atomic mass is 32.2. The minimum absolute atomic E-state index is 0.0172. The number of phenolic OH excluding ortho intramolecular Hbond substituents is 1. The largest absolute Gasteiger partial charge is 0.506 e. The number of fused-ring (bicyclic) bond motifs is 1. The number of hydrogen-bond donors (Lipinski definition) is 2. The Balaban J connectivity index is 1.46. The van der Waals surface area contributed by atoms with Crippen molar-refractivity contribution in [1.82, 2.24) is 4.31 Å². The molecular formula is C22H25N3O7S. The first-order valence-corrected chi connectivity index (χ1v) is 12.0. The molecule has 0 unspecified atom stereocenters. The van der Waals surface area contributed by atoms with Gasteiger partial charge in [-0.05, 0) is 37.3 Å². The number of benzene rings is 2. The molecule has 2 aliphatic heterocycles. The lowest BCUT2D eigenvalue weighted by molar-refractivity contribution is -0.125. The Kier molecular flexibility index (Phi) is 6.54. The van der Waals surface area contributed by atoms with Crippen LogP contribution in [0.4, 0.5) is 11.4 Å². The molecule has 2 aromatic rings. The topological polar surface area (TPSA) is 125 Å². The molecule has 33 heavy (non-hydrogen) atoms. The number of sulfonamides is 1. The van der Waals surface area contributed by atoms with E-state index in [4.69, 9.17) is 9.47 Å².